The molecule has 0 radical (unpaired) electrons. The summed E-state index contributed by atoms with van der Waals surface area (Å²) in [5.74, 6) is 0.721. The van der Waals surface area contributed by atoms with Gasteiger partial charge in [0.2, 0.25) is 5.91 Å². The Bertz CT molecular complexity index is 572. The number of hydrogen-bond donors (Lipinski definition) is 2. The molecule has 7 nitrogen and oxygen atoms in total. The van der Waals surface area contributed by atoms with E-state index < -0.39 is 0 Å². The van der Waals surface area contributed by atoms with Crippen LogP contribution in [0.1, 0.15) is 24.8 Å². The first-order valence-electron chi connectivity index (χ1n) is 9.59. The summed E-state index contributed by atoms with van der Waals surface area (Å²) in [6, 6.07) is 9.88. The number of amides is 1. The normalized spacial score (nSPS) is 15.6. The molecule has 0 atom stereocenters. The number of likely N-dealkylation sites (tertiary alicyclic amines) is 1. The van der Waals surface area contributed by atoms with Crippen LogP contribution in [0.25, 0.3) is 0 Å². The highest BCUT2D eigenvalue weighted by molar-refractivity contribution is 5.86. The minimum Gasteiger partial charge on any atom is -0.385 e. The van der Waals surface area contributed by atoms with E-state index in [0.29, 0.717) is 12.6 Å². The molecule has 1 aliphatic rings. The maximum Gasteiger partial charge on any atom is 0.239 e. The molecule has 2 N–H and O–H groups in total. The first-order chi connectivity index (χ1) is 13.2. The van der Waals surface area contributed by atoms with Crippen LogP contribution >= 0.6 is 0 Å². The molecular weight excluding hydrogens is 344 g/mol. The molecule has 0 aromatic heterocycles. The van der Waals surface area contributed by atoms with Crippen LogP contribution in [0.5, 0.6) is 0 Å². The van der Waals surface area contributed by atoms with Gasteiger partial charge in [-0.1, -0.05) is 30.3 Å². The lowest BCUT2D eigenvalue weighted by atomic mass is 10.1. The van der Waals surface area contributed by atoms with E-state index in [4.69, 9.17) is 9.47 Å². The van der Waals surface area contributed by atoms with E-state index in [9.17, 15) is 4.79 Å². The van der Waals surface area contributed by atoms with Crippen LogP contribution in [-0.4, -0.2) is 69.9 Å². The minimum absolute atomic E-state index is 0.0450. The molecule has 2 rings (SSSR count). The van der Waals surface area contributed by atoms with E-state index in [1.807, 2.05) is 30.3 Å². The van der Waals surface area contributed by atoms with Crippen molar-refractivity contribution >= 4 is 11.9 Å². The van der Waals surface area contributed by atoms with Crippen molar-refractivity contribution < 1.29 is 14.3 Å². The third kappa shape index (κ3) is 7.97. The molecule has 1 aromatic carbocycles. The Hall–Kier alpha value is -2.12. The number of rotatable bonds is 9. The van der Waals surface area contributed by atoms with Gasteiger partial charge in [0.05, 0.1) is 12.6 Å². The second-order valence-electron chi connectivity index (χ2n) is 6.57. The van der Waals surface area contributed by atoms with E-state index in [1.165, 1.54) is 0 Å². The van der Waals surface area contributed by atoms with E-state index in [-0.39, 0.29) is 12.5 Å². The van der Waals surface area contributed by atoms with Crippen LogP contribution in [-0.2, 0) is 20.8 Å². The fourth-order valence-electron chi connectivity index (χ4n) is 3.04. The zero-order valence-electron chi connectivity index (χ0n) is 16.4. The van der Waals surface area contributed by atoms with Crippen molar-refractivity contribution in [1.82, 2.24) is 15.5 Å². The van der Waals surface area contributed by atoms with Gasteiger partial charge in [-0.25, -0.2) is 0 Å². The summed E-state index contributed by atoms with van der Waals surface area (Å²) in [5, 5.41) is 6.07. The number of carbonyl (C=O) groups excluding carboxylic acids is 1. The topological polar surface area (TPSA) is 75.2 Å². The average molecular weight is 377 g/mol. The van der Waals surface area contributed by atoms with E-state index in [0.717, 1.165) is 57.1 Å². The van der Waals surface area contributed by atoms with E-state index in [1.54, 1.807) is 14.2 Å². The van der Waals surface area contributed by atoms with E-state index >= 15 is 0 Å². The van der Waals surface area contributed by atoms with E-state index in [2.05, 4.69) is 20.5 Å². The molecule has 150 valence electrons. The summed E-state index contributed by atoms with van der Waals surface area (Å²) in [6.45, 7) is 3.98. The second-order valence-corrected chi connectivity index (χ2v) is 6.57. The fourth-order valence-corrected chi connectivity index (χ4v) is 3.04. The highest BCUT2D eigenvalue weighted by Crippen LogP contribution is 2.14. The Morgan fingerprint density at radius 2 is 1.93 bits per heavy atom. The van der Waals surface area contributed by atoms with Gasteiger partial charge in [-0.3, -0.25) is 9.79 Å². The predicted molar refractivity (Wildman–Crippen MR) is 107 cm³/mol. The molecule has 0 bridgehead atoms. The summed E-state index contributed by atoms with van der Waals surface area (Å²) < 4.78 is 10.9. The van der Waals surface area contributed by atoms with Gasteiger partial charge in [0.15, 0.2) is 5.96 Å². The number of ether oxygens (including phenoxy) is 2. The highest BCUT2D eigenvalue weighted by atomic mass is 16.5. The van der Waals surface area contributed by atoms with Crippen LogP contribution in [0.2, 0.25) is 0 Å². The molecule has 1 amide bonds. The number of guanidine groups is 1. The van der Waals surface area contributed by atoms with Gasteiger partial charge in [-0.05, 0) is 24.8 Å². The molecule has 1 aliphatic heterocycles. The molecular formula is C20H32N4O3. The molecule has 7 heteroatoms. The monoisotopic (exact) mass is 376 g/mol. The molecule has 0 aliphatic carbocycles. The second kappa shape index (κ2) is 12.3. The van der Waals surface area contributed by atoms with Crippen molar-refractivity contribution in [2.75, 3.05) is 47.0 Å². The van der Waals surface area contributed by atoms with Gasteiger partial charge in [0.1, 0.15) is 0 Å². The minimum atomic E-state index is -0.0450. The SMILES string of the molecule is CN=C(NCC(=O)NCc1ccccc1)N1CCC(OCCCOC)CC1. The number of piperidine rings is 1. The Morgan fingerprint density at radius 3 is 2.59 bits per heavy atom. The summed E-state index contributed by atoms with van der Waals surface area (Å²) in [5.41, 5.74) is 1.09. The standard InChI is InChI=1S/C20H32N4O3/c1-21-20(23-16-19(25)22-15-17-7-4-3-5-8-17)24-11-9-18(10-12-24)27-14-6-13-26-2/h3-5,7-8,18H,6,9-16H2,1-2H3,(H,21,23)(H,22,25). The number of aliphatic imine (C=N–C) groups is 1. The zero-order chi connectivity index (χ0) is 19.3. The van der Waals surface area contributed by atoms with Crippen molar-refractivity contribution in [3.63, 3.8) is 0 Å². The molecule has 1 fully saturated rings. The lowest BCUT2D eigenvalue weighted by Gasteiger charge is -2.34. The largest absolute Gasteiger partial charge is 0.385 e. The molecule has 0 saturated carbocycles. The van der Waals surface area contributed by atoms with Crippen LogP contribution in [0, 0.1) is 0 Å². The molecule has 1 saturated heterocycles. The number of nitrogens with one attached hydrogen (secondary N) is 2. The summed E-state index contributed by atoms with van der Waals surface area (Å²) in [4.78, 5) is 18.6. The number of carbonyl (C=O) groups is 1. The number of hydrogen-bond acceptors (Lipinski definition) is 4. The third-order valence-corrected chi connectivity index (χ3v) is 4.54. The Labute approximate surface area is 162 Å². The van der Waals surface area contributed by atoms with Crippen LogP contribution < -0.4 is 10.6 Å². The molecule has 27 heavy (non-hydrogen) atoms. The summed E-state index contributed by atoms with van der Waals surface area (Å²) in [6.07, 6.45) is 3.16. The number of methoxy groups -OCH3 is 1. The van der Waals surface area contributed by atoms with Gasteiger partial charge in [-0.15, -0.1) is 0 Å². The third-order valence-electron chi connectivity index (χ3n) is 4.54. The maximum atomic E-state index is 12.1. The fraction of sp³-hybridized carbons (Fsp3) is 0.600. The molecule has 0 spiro atoms. The lowest BCUT2D eigenvalue weighted by Crippen LogP contribution is -2.49. The Balaban J connectivity index is 1.64. The first-order valence-corrected chi connectivity index (χ1v) is 9.59. The number of benzene rings is 1. The Kier molecular flexibility index (Phi) is 9.65. The molecule has 1 aromatic rings. The van der Waals surface area contributed by atoms with Gasteiger partial charge >= 0.3 is 0 Å². The average Bonchev–Trinajstić information content (AvgIpc) is 2.72. The van der Waals surface area contributed by atoms with Crippen molar-refractivity contribution in [3.05, 3.63) is 35.9 Å². The lowest BCUT2D eigenvalue weighted by molar-refractivity contribution is -0.120. The van der Waals surface area contributed by atoms with Crippen molar-refractivity contribution in [2.24, 2.45) is 4.99 Å². The molecule has 0 unspecified atom stereocenters. The summed E-state index contributed by atoms with van der Waals surface area (Å²) in [7, 11) is 3.45. The molecule has 1 heterocycles. The smallest absolute Gasteiger partial charge is 0.239 e. The van der Waals surface area contributed by atoms with Crippen molar-refractivity contribution in [3.8, 4) is 0 Å². The van der Waals surface area contributed by atoms with Crippen LogP contribution in [0.4, 0.5) is 0 Å². The van der Waals surface area contributed by atoms with Crippen LogP contribution in [0.3, 0.4) is 0 Å². The van der Waals surface area contributed by atoms with Gasteiger partial charge in [0, 0.05) is 47.0 Å². The van der Waals surface area contributed by atoms with Crippen molar-refractivity contribution in [1.29, 1.82) is 0 Å². The van der Waals surface area contributed by atoms with Crippen molar-refractivity contribution in [2.45, 2.75) is 31.9 Å². The number of nitrogens with zero attached hydrogens (tertiary/aromatic N) is 2. The van der Waals surface area contributed by atoms with Gasteiger partial charge in [0.25, 0.3) is 0 Å². The Morgan fingerprint density at radius 1 is 1.19 bits per heavy atom. The maximum absolute atomic E-state index is 12.1. The van der Waals surface area contributed by atoms with Gasteiger partial charge < -0.3 is 25.0 Å². The highest BCUT2D eigenvalue weighted by Gasteiger charge is 2.22. The quantitative estimate of drug-likeness (QED) is 0.387. The summed E-state index contributed by atoms with van der Waals surface area (Å²) >= 11 is 0. The van der Waals surface area contributed by atoms with Gasteiger partial charge in [-0.2, -0.15) is 0 Å². The predicted octanol–water partition coefficient (Wildman–Crippen LogP) is 1.40. The zero-order valence-corrected chi connectivity index (χ0v) is 16.4. The first kappa shape index (κ1) is 21.2. The van der Waals surface area contributed by atoms with Crippen LogP contribution in [0.15, 0.2) is 35.3 Å².